The van der Waals surface area contributed by atoms with Gasteiger partial charge in [-0.05, 0) is 85.2 Å². The Bertz CT molecular complexity index is 1460. The number of rotatable bonds is 7. The Hall–Kier alpha value is -3.44. The quantitative estimate of drug-likeness (QED) is 0.158. The number of hydrogen-bond donors (Lipinski definition) is 1. The maximum Gasteiger partial charge on any atom is 0.306 e. The topological polar surface area (TPSA) is 102 Å². The number of ether oxygens (including phenoxy) is 2. The summed E-state index contributed by atoms with van der Waals surface area (Å²) in [4.78, 5) is 54.1. The van der Waals surface area contributed by atoms with Crippen LogP contribution < -0.4 is 10.2 Å². The normalized spacial score (nSPS) is 14.0. The number of methoxy groups -OCH3 is 1. The predicted octanol–water partition coefficient (Wildman–Crippen LogP) is 7.24. The fraction of sp³-hybridized carbons (Fsp3) is 0.312. The minimum Gasteiger partial charge on any atom is -0.469 e. The summed E-state index contributed by atoms with van der Waals surface area (Å²) in [5.41, 5.74) is 4.47. The minimum absolute atomic E-state index is 0.0737. The largest absolute Gasteiger partial charge is 0.469 e. The lowest BCUT2D eigenvalue weighted by Gasteiger charge is -2.25. The molecular weight excluding hydrogens is 671 g/mol. The number of fused-ring (bicyclic) bond motifs is 1. The van der Waals surface area contributed by atoms with Gasteiger partial charge in [0.25, 0.3) is 11.8 Å². The van der Waals surface area contributed by atoms with Crippen molar-refractivity contribution in [1.29, 1.82) is 0 Å². The van der Waals surface area contributed by atoms with Gasteiger partial charge in [0.05, 0.1) is 25.6 Å². The molecule has 3 aromatic carbocycles. The Morgan fingerprint density at radius 1 is 0.929 bits per heavy atom. The number of hydrogen-bond acceptors (Lipinski definition) is 6. The van der Waals surface area contributed by atoms with E-state index in [1.165, 1.54) is 7.11 Å². The van der Waals surface area contributed by atoms with Crippen molar-refractivity contribution in [3.05, 3.63) is 93.5 Å². The zero-order chi connectivity index (χ0) is 30.8. The zero-order valence-electron chi connectivity index (χ0n) is 24.0. The van der Waals surface area contributed by atoms with Crippen LogP contribution in [0.5, 0.6) is 0 Å². The molecule has 1 aliphatic heterocycles. The Labute approximate surface area is 264 Å². The molecule has 1 N–H and O–H groups in total. The summed E-state index contributed by atoms with van der Waals surface area (Å²) >= 11 is 8.45. The number of amides is 2. The van der Waals surface area contributed by atoms with Crippen molar-refractivity contribution in [2.24, 2.45) is 0 Å². The summed E-state index contributed by atoms with van der Waals surface area (Å²) in [5.74, 6) is -1.45. The average molecular weight is 705 g/mol. The molecule has 0 saturated heterocycles. The summed E-state index contributed by atoms with van der Waals surface area (Å²) in [6.45, 7) is 4.11. The zero-order valence-corrected chi connectivity index (χ0v) is 27.0. The van der Waals surface area contributed by atoms with E-state index in [2.05, 4.69) is 32.6 Å². The number of alkyl halides is 1. The van der Waals surface area contributed by atoms with Gasteiger partial charge in [-0.15, -0.1) is 0 Å². The standard InChI is InChI=1S/C31H31ClN2O6.CH3I/c1-19-7-4-5-8-23(19)30(37)33-22-11-12-24(20(2)17-22)31(38)34-16-6-9-27(25-18-21(32)10-13-26(25)34)40-29(36)15-14-28(35)39-3;1-2/h4-5,7-8,10-13,17-18,27H,6,9,14-16H2,1-3H3,(H,33,37);1H3. The van der Waals surface area contributed by atoms with E-state index in [0.717, 1.165) is 5.56 Å². The molecule has 1 aliphatic rings. The highest BCUT2D eigenvalue weighted by atomic mass is 127. The SMILES string of the molecule is CI.COC(=O)CCC(=O)OC1CCCN(C(=O)c2ccc(NC(=O)c3ccccc3C)cc2C)c2ccc(Cl)cc21. The molecule has 4 rings (SSSR count). The second kappa shape index (κ2) is 15.7. The van der Waals surface area contributed by atoms with Crippen LogP contribution >= 0.6 is 34.2 Å². The highest BCUT2D eigenvalue weighted by Gasteiger charge is 2.30. The molecule has 0 fully saturated rings. The van der Waals surface area contributed by atoms with Crippen molar-refractivity contribution in [2.45, 2.75) is 45.6 Å². The molecule has 8 nitrogen and oxygen atoms in total. The Morgan fingerprint density at radius 3 is 2.33 bits per heavy atom. The van der Waals surface area contributed by atoms with Crippen LogP contribution in [0.1, 0.15) is 69.2 Å². The summed E-state index contributed by atoms with van der Waals surface area (Å²) in [7, 11) is 1.26. The second-order valence-corrected chi connectivity index (χ2v) is 10.1. The number of aryl methyl sites for hydroxylation is 2. The summed E-state index contributed by atoms with van der Waals surface area (Å²) in [6.07, 6.45) is 0.279. The number of carbonyl (C=O) groups is 4. The minimum atomic E-state index is -0.614. The highest BCUT2D eigenvalue weighted by molar-refractivity contribution is 14.1. The van der Waals surface area contributed by atoms with Gasteiger partial charge in [0.15, 0.2) is 0 Å². The summed E-state index contributed by atoms with van der Waals surface area (Å²) in [6, 6.07) is 17.7. The molecule has 0 spiro atoms. The first-order chi connectivity index (χ1) is 20.2. The maximum atomic E-state index is 13.8. The highest BCUT2D eigenvalue weighted by Crippen LogP contribution is 2.38. The molecule has 222 valence electrons. The monoisotopic (exact) mass is 704 g/mol. The maximum absolute atomic E-state index is 13.8. The lowest BCUT2D eigenvalue weighted by molar-refractivity contribution is -0.153. The molecule has 0 bridgehead atoms. The van der Waals surface area contributed by atoms with Gasteiger partial charge in [-0.1, -0.05) is 52.4 Å². The van der Waals surface area contributed by atoms with E-state index in [-0.39, 0.29) is 24.7 Å². The number of nitrogens with zero attached hydrogens (tertiary/aromatic N) is 1. The molecule has 2 amide bonds. The lowest BCUT2D eigenvalue weighted by atomic mass is 10.0. The van der Waals surface area contributed by atoms with E-state index in [1.54, 1.807) is 47.4 Å². The fourth-order valence-electron chi connectivity index (χ4n) is 4.75. The summed E-state index contributed by atoms with van der Waals surface area (Å²) in [5, 5.41) is 3.36. The van der Waals surface area contributed by atoms with Gasteiger partial charge in [0.1, 0.15) is 6.10 Å². The molecule has 42 heavy (non-hydrogen) atoms. The molecule has 10 heteroatoms. The van der Waals surface area contributed by atoms with Gasteiger partial charge in [-0.25, -0.2) is 0 Å². The number of nitrogens with one attached hydrogen (secondary N) is 1. The van der Waals surface area contributed by atoms with Crippen LogP contribution in [-0.2, 0) is 19.1 Å². The van der Waals surface area contributed by atoms with Crippen molar-refractivity contribution in [3.63, 3.8) is 0 Å². The van der Waals surface area contributed by atoms with Crippen LogP contribution in [0.15, 0.2) is 60.7 Å². The first-order valence-electron chi connectivity index (χ1n) is 13.4. The van der Waals surface area contributed by atoms with Crippen LogP contribution in [0, 0.1) is 13.8 Å². The van der Waals surface area contributed by atoms with Crippen molar-refractivity contribution in [2.75, 3.05) is 28.8 Å². The van der Waals surface area contributed by atoms with Crippen molar-refractivity contribution in [1.82, 2.24) is 0 Å². The van der Waals surface area contributed by atoms with E-state index >= 15 is 0 Å². The van der Waals surface area contributed by atoms with Crippen molar-refractivity contribution in [3.8, 4) is 0 Å². The van der Waals surface area contributed by atoms with Crippen LogP contribution in [0.4, 0.5) is 11.4 Å². The molecular formula is C32H34ClIN2O6. The van der Waals surface area contributed by atoms with Gasteiger partial charge in [0.2, 0.25) is 0 Å². The molecule has 1 atom stereocenters. The summed E-state index contributed by atoms with van der Waals surface area (Å²) < 4.78 is 10.3. The van der Waals surface area contributed by atoms with E-state index in [0.29, 0.717) is 58.0 Å². The fourth-order valence-corrected chi connectivity index (χ4v) is 4.93. The first-order valence-corrected chi connectivity index (χ1v) is 15.9. The van der Waals surface area contributed by atoms with Crippen molar-refractivity contribution < 1.29 is 28.7 Å². The van der Waals surface area contributed by atoms with Gasteiger partial charge in [-0.3, -0.25) is 19.2 Å². The third-order valence-corrected chi connectivity index (χ3v) is 7.09. The first kappa shape index (κ1) is 33.1. The van der Waals surface area contributed by atoms with Crippen LogP contribution in [-0.4, -0.2) is 42.3 Å². The van der Waals surface area contributed by atoms with Gasteiger partial charge < -0.3 is 19.7 Å². The predicted molar refractivity (Wildman–Crippen MR) is 173 cm³/mol. The van der Waals surface area contributed by atoms with Gasteiger partial charge in [-0.2, -0.15) is 0 Å². The van der Waals surface area contributed by atoms with Crippen LogP contribution in [0.25, 0.3) is 0 Å². The number of benzene rings is 3. The van der Waals surface area contributed by atoms with Gasteiger partial charge >= 0.3 is 11.9 Å². The van der Waals surface area contributed by atoms with Crippen molar-refractivity contribution >= 4 is 69.3 Å². The van der Waals surface area contributed by atoms with Crippen LogP contribution in [0.2, 0.25) is 5.02 Å². The van der Waals surface area contributed by atoms with E-state index < -0.39 is 18.0 Å². The molecule has 0 saturated carbocycles. The Morgan fingerprint density at radius 2 is 1.64 bits per heavy atom. The smallest absolute Gasteiger partial charge is 0.306 e. The molecule has 0 aromatic heterocycles. The number of esters is 2. The lowest BCUT2D eigenvalue weighted by Crippen LogP contribution is -2.32. The molecule has 3 aromatic rings. The average Bonchev–Trinajstić information content (AvgIpc) is 3.15. The Kier molecular flexibility index (Phi) is 12.4. The Balaban J connectivity index is 0.00000237. The third kappa shape index (κ3) is 8.32. The second-order valence-electron chi connectivity index (χ2n) is 9.66. The van der Waals surface area contributed by atoms with Gasteiger partial charge in [0, 0.05) is 33.9 Å². The van der Waals surface area contributed by atoms with E-state index in [9.17, 15) is 19.2 Å². The third-order valence-electron chi connectivity index (χ3n) is 6.86. The number of halogens is 2. The molecule has 0 aliphatic carbocycles. The van der Waals surface area contributed by atoms with Crippen LogP contribution in [0.3, 0.4) is 0 Å². The van der Waals surface area contributed by atoms with E-state index in [1.807, 2.05) is 37.0 Å². The molecule has 1 heterocycles. The molecule has 0 radical (unpaired) electrons. The molecule has 1 unspecified atom stereocenters. The number of anilines is 2. The van der Waals surface area contributed by atoms with E-state index in [4.69, 9.17) is 16.3 Å². The number of carbonyl (C=O) groups excluding carboxylic acids is 4.